The van der Waals surface area contributed by atoms with Crippen molar-refractivity contribution in [2.75, 3.05) is 7.11 Å². The van der Waals surface area contributed by atoms with Crippen LogP contribution in [0, 0.1) is 0 Å². The van der Waals surface area contributed by atoms with Crippen LogP contribution in [0.5, 0.6) is 5.75 Å². The minimum Gasteiger partial charge on any atom is -0.497 e. The van der Waals surface area contributed by atoms with E-state index in [1.165, 1.54) is 6.07 Å². The van der Waals surface area contributed by atoms with Gasteiger partial charge in [0.05, 0.1) is 29.7 Å². The van der Waals surface area contributed by atoms with Crippen molar-refractivity contribution in [3.05, 3.63) is 107 Å². The van der Waals surface area contributed by atoms with Crippen LogP contribution in [-0.4, -0.2) is 34.1 Å². The number of hydrogen-bond acceptors (Lipinski definition) is 4. The van der Waals surface area contributed by atoms with Crippen molar-refractivity contribution in [1.82, 2.24) is 15.3 Å². The van der Waals surface area contributed by atoms with Crippen molar-refractivity contribution in [3.63, 3.8) is 0 Å². The minimum atomic E-state index is -1.17. The number of hydrogen-bond donors (Lipinski definition) is 3. The standard InChI is InChI=1S/C32H28ClN3O4/c1-3-8-26(19-9-5-4-6-10-19)36-31(37)20-13-15-22(24(17-20)32(38)39)29-23(11-7-12-25(29)33)30-34-27-16-14-21(40-2)18-28(27)35-30/h4-7,9-18,26H,3,8H2,1-2H3,(H,34,35)(H,36,37)(H,38,39)/t26-/m1/s1. The third kappa shape index (κ3) is 5.42. The Morgan fingerprint density at radius 1 is 1.00 bits per heavy atom. The van der Waals surface area contributed by atoms with E-state index in [2.05, 4.69) is 17.2 Å². The van der Waals surface area contributed by atoms with Crippen LogP contribution >= 0.6 is 11.6 Å². The Hall–Kier alpha value is -4.62. The lowest BCUT2D eigenvalue weighted by atomic mass is 9.93. The monoisotopic (exact) mass is 553 g/mol. The van der Waals surface area contributed by atoms with Crippen LogP contribution in [0.25, 0.3) is 33.5 Å². The molecule has 5 rings (SSSR count). The first kappa shape index (κ1) is 27.0. The number of methoxy groups -OCH3 is 1. The Labute approximate surface area is 236 Å². The molecule has 5 aromatic rings. The number of amides is 1. The highest BCUT2D eigenvalue weighted by Gasteiger charge is 2.23. The summed E-state index contributed by atoms with van der Waals surface area (Å²) >= 11 is 6.68. The Balaban J connectivity index is 1.55. The van der Waals surface area contributed by atoms with Crippen LogP contribution in [0.2, 0.25) is 5.02 Å². The molecule has 8 heteroatoms. The van der Waals surface area contributed by atoms with Gasteiger partial charge in [-0.1, -0.05) is 73.5 Å². The smallest absolute Gasteiger partial charge is 0.336 e. The molecule has 0 spiro atoms. The zero-order valence-corrected chi connectivity index (χ0v) is 22.8. The summed E-state index contributed by atoms with van der Waals surface area (Å²) < 4.78 is 5.31. The van der Waals surface area contributed by atoms with Gasteiger partial charge in [0.15, 0.2) is 0 Å². The summed E-state index contributed by atoms with van der Waals surface area (Å²) in [6.45, 7) is 2.05. The van der Waals surface area contributed by atoms with E-state index in [4.69, 9.17) is 21.3 Å². The van der Waals surface area contributed by atoms with Crippen molar-refractivity contribution >= 4 is 34.5 Å². The largest absolute Gasteiger partial charge is 0.497 e. The van der Waals surface area contributed by atoms with Gasteiger partial charge in [-0.05, 0) is 47.9 Å². The molecule has 0 unspecified atom stereocenters. The Morgan fingerprint density at radius 3 is 2.52 bits per heavy atom. The summed E-state index contributed by atoms with van der Waals surface area (Å²) in [6, 6.07) is 25.0. The zero-order chi connectivity index (χ0) is 28.2. The van der Waals surface area contributed by atoms with E-state index < -0.39 is 5.97 Å². The SMILES string of the molecule is CCC[C@@H](NC(=O)c1ccc(-c2c(Cl)cccc2-c2nc3cc(OC)ccc3[nH]2)c(C(=O)O)c1)c1ccccc1. The Kier molecular flexibility index (Phi) is 7.84. The molecule has 3 N–H and O–H groups in total. The highest BCUT2D eigenvalue weighted by atomic mass is 35.5. The molecule has 0 saturated carbocycles. The molecule has 0 fully saturated rings. The number of carboxylic acids is 1. The van der Waals surface area contributed by atoms with Gasteiger partial charge in [0.1, 0.15) is 11.6 Å². The molecule has 1 atom stereocenters. The maximum atomic E-state index is 13.3. The van der Waals surface area contributed by atoms with Crippen LogP contribution in [0.4, 0.5) is 0 Å². The summed E-state index contributed by atoms with van der Waals surface area (Å²) in [4.78, 5) is 33.8. The number of nitrogens with zero attached hydrogens (tertiary/aromatic N) is 1. The van der Waals surface area contributed by atoms with Crippen molar-refractivity contribution in [2.24, 2.45) is 0 Å². The van der Waals surface area contributed by atoms with E-state index >= 15 is 0 Å². The number of aromatic carboxylic acids is 1. The van der Waals surface area contributed by atoms with Crippen LogP contribution in [0.1, 0.15) is 52.1 Å². The van der Waals surface area contributed by atoms with E-state index in [1.54, 1.807) is 31.4 Å². The number of imidazole rings is 1. The van der Waals surface area contributed by atoms with Crippen LogP contribution in [0.3, 0.4) is 0 Å². The summed E-state index contributed by atoms with van der Waals surface area (Å²) in [5.74, 6) is -0.309. The third-order valence-corrected chi connectivity index (χ3v) is 7.14. The summed E-state index contributed by atoms with van der Waals surface area (Å²) in [5.41, 5.74) is 4.24. The second-order valence-corrected chi connectivity index (χ2v) is 9.83. The van der Waals surface area contributed by atoms with E-state index in [9.17, 15) is 14.7 Å². The quantitative estimate of drug-likeness (QED) is 0.175. The fourth-order valence-electron chi connectivity index (χ4n) is 4.85. The molecule has 7 nitrogen and oxygen atoms in total. The average molecular weight is 554 g/mol. The summed E-state index contributed by atoms with van der Waals surface area (Å²) in [5, 5.41) is 13.6. The lowest BCUT2D eigenvalue weighted by Gasteiger charge is -2.19. The van der Waals surface area contributed by atoms with Crippen molar-refractivity contribution < 1.29 is 19.4 Å². The molecule has 202 valence electrons. The van der Waals surface area contributed by atoms with Gasteiger partial charge in [-0.15, -0.1) is 0 Å². The number of H-pyrrole nitrogens is 1. The second kappa shape index (κ2) is 11.6. The first-order chi connectivity index (χ1) is 19.4. The molecule has 1 aromatic heterocycles. The topological polar surface area (TPSA) is 104 Å². The highest BCUT2D eigenvalue weighted by molar-refractivity contribution is 6.34. The lowest BCUT2D eigenvalue weighted by Crippen LogP contribution is -2.28. The first-order valence-corrected chi connectivity index (χ1v) is 13.3. The highest BCUT2D eigenvalue weighted by Crippen LogP contribution is 2.39. The number of benzene rings is 4. The minimum absolute atomic E-state index is 0.0356. The third-order valence-electron chi connectivity index (χ3n) is 6.83. The molecular weight excluding hydrogens is 526 g/mol. The normalized spacial score (nSPS) is 11.8. The number of nitrogens with one attached hydrogen (secondary N) is 2. The molecule has 1 heterocycles. The van der Waals surface area contributed by atoms with E-state index in [0.717, 1.165) is 23.9 Å². The molecule has 0 radical (unpaired) electrons. The van der Waals surface area contributed by atoms with Gasteiger partial charge in [0, 0.05) is 27.8 Å². The fraction of sp³-hybridized carbons (Fsp3) is 0.156. The first-order valence-electron chi connectivity index (χ1n) is 13.0. The number of rotatable bonds is 9. The van der Waals surface area contributed by atoms with Crippen LogP contribution in [0.15, 0.2) is 84.9 Å². The molecule has 0 aliphatic carbocycles. The van der Waals surface area contributed by atoms with E-state index in [0.29, 0.717) is 38.8 Å². The molecule has 1 amide bonds. The number of carboxylic acid groups (broad SMARTS) is 1. The Bertz CT molecular complexity index is 1700. The second-order valence-electron chi connectivity index (χ2n) is 9.42. The molecule has 0 aliphatic heterocycles. The van der Waals surface area contributed by atoms with Gasteiger partial charge in [-0.3, -0.25) is 4.79 Å². The average Bonchev–Trinajstić information content (AvgIpc) is 3.40. The molecule has 40 heavy (non-hydrogen) atoms. The lowest BCUT2D eigenvalue weighted by molar-refractivity contribution is 0.0697. The predicted molar refractivity (Wildman–Crippen MR) is 157 cm³/mol. The predicted octanol–water partition coefficient (Wildman–Crippen LogP) is 7.53. The van der Waals surface area contributed by atoms with Gasteiger partial charge >= 0.3 is 5.97 Å². The summed E-state index contributed by atoms with van der Waals surface area (Å²) in [7, 11) is 1.59. The molecular formula is C32H28ClN3O4. The van der Waals surface area contributed by atoms with Gasteiger partial charge in [-0.25, -0.2) is 9.78 Å². The van der Waals surface area contributed by atoms with E-state index in [1.807, 2.05) is 54.6 Å². The van der Waals surface area contributed by atoms with Gasteiger partial charge in [0.2, 0.25) is 0 Å². The maximum Gasteiger partial charge on any atom is 0.336 e. The number of fused-ring (bicyclic) bond motifs is 1. The molecule has 0 saturated heterocycles. The van der Waals surface area contributed by atoms with Crippen LogP contribution in [-0.2, 0) is 0 Å². The molecule has 0 bridgehead atoms. The van der Waals surface area contributed by atoms with Crippen molar-refractivity contribution in [1.29, 1.82) is 0 Å². The van der Waals surface area contributed by atoms with Gasteiger partial charge in [0.25, 0.3) is 5.91 Å². The number of aromatic nitrogens is 2. The molecule has 0 aliphatic rings. The number of aromatic amines is 1. The number of carbonyl (C=O) groups excluding carboxylic acids is 1. The van der Waals surface area contributed by atoms with Gasteiger partial charge in [-0.2, -0.15) is 0 Å². The number of carbonyl (C=O) groups is 2. The van der Waals surface area contributed by atoms with Crippen LogP contribution < -0.4 is 10.1 Å². The number of ether oxygens (including phenoxy) is 1. The zero-order valence-electron chi connectivity index (χ0n) is 22.1. The van der Waals surface area contributed by atoms with Crippen molar-refractivity contribution in [2.45, 2.75) is 25.8 Å². The fourth-order valence-corrected chi connectivity index (χ4v) is 5.13. The van der Waals surface area contributed by atoms with E-state index in [-0.39, 0.29) is 23.1 Å². The van der Waals surface area contributed by atoms with Crippen molar-refractivity contribution in [3.8, 4) is 28.3 Å². The Morgan fingerprint density at radius 2 is 1.80 bits per heavy atom. The van der Waals surface area contributed by atoms with Gasteiger partial charge < -0.3 is 20.1 Å². The summed E-state index contributed by atoms with van der Waals surface area (Å²) in [6.07, 6.45) is 1.63. The molecule has 4 aromatic carbocycles. The maximum absolute atomic E-state index is 13.3. The number of halogens is 1.